The predicted molar refractivity (Wildman–Crippen MR) is 141 cm³/mol. The molecule has 158 valence electrons. The largest absolute Gasteiger partial charge is 0.292 e. The Bertz CT molecular complexity index is 1630. The molecule has 5 aromatic rings. The van der Waals surface area contributed by atoms with Crippen LogP contribution in [0.15, 0.2) is 96.7 Å². The first kappa shape index (κ1) is 19.4. The third-order valence-corrected chi connectivity index (χ3v) is 6.49. The van der Waals surface area contributed by atoms with Crippen LogP contribution in [0.2, 0.25) is 0 Å². The molecule has 2 aromatic heterocycles. The molecule has 0 atom stereocenters. The van der Waals surface area contributed by atoms with Crippen LogP contribution in [0.1, 0.15) is 23.4 Å². The molecule has 0 bridgehead atoms. The zero-order valence-corrected chi connectivity index (χ0v) is 18.3. The number of aromatic nitrogens is 2. The molecule has 0 N–H and O–H groups in total. The van der Waals surface area contributed by atoms with Crippen molar-refractivity contribution in [1.82, 2.24) is 9.38 Å². The van der Waals surface area contributed by atoms with Gasteiger partial charge < -0.3 is 0 Å². The number of aliphatic imine (C=N–C) groups is 1. The van der Waals surface area contributed by atoms with E-state index >= 15 is 0 Å². The van der Waals surface area contributed by atoms with Crippen molar-refractivity contribution in [2.45, 2.75) is 12.8 Å². The Morgan fingerprint density at radius 3 is 2.64 bits per heavy atom. The molecule has 2 heterocycles. The zero-order chi connectivity index (χ0) is 22.4. The summed E-state index contributed by atoms with van der Waals surface area (Å²) >= 11 is 0. The number of imidazole rings is 1. The van der Waals surface area contributed by atoms with Gasteiger partial charge in [0.1, 0.15) is 5.65 Å². The standard InChI is InChI=1S/C30H23N3/c1-3-20(19-31-2)22-13-15-24-25(17-22)26-18-23(21-9-5-4-6-10-21)14-16-28(26)33-29-12-8-7-11-27(29)32-30(24)33/h3-6,8-10,12-19H,1-2,7,11H2/b20-19+. The summed E-state index contributed by atoms with van der Waals surface area (Å²) in [5.41, 5.74) is 8.97. The maximum absolute atomic E-state index is 5.09. The van der Waals surface area contributed by atoms with Crippen LogP contribution in [-0.4, -0.2) is 16.1 Å². The van der Waals surface area contributed by atoms with Crippen molar-refractivity contribution >= 4 is 45.7 Å². The zero-order valence-electron chi connectivity index (χ0n) is 18.3. The summed E-state index contributed by atoms with van der Waals surface area (Å²) in [4.78, 5) is 9.06. The Morgan fingerprint density at radius 2 is 1.82 bits per heavy atom. The summed E-state index contributed by atoms with van der Waals surface area (Å²) in [5.74, 6) is 0. The lowest BCUT2D eigenvalue weighted by molar-refractivity contribution is 0.943. The Balaban J connectivity index is 1.76. The summed E-state index contributed by atoms with van der Waals surface area (Å²) in [6.45, 7) is 7.58. The highest BCUT2D eigenvalue weighted by atomic mass is 15.0. The van der Waals surface area contributed by atoms with E-state index in [4.69, 9.17) is 4.98 Å². The van der Waals surface area contributed by atoms with Crippen LogP contribution >= 0.6 is 0 Å². The van der Waals surface area contributed by atoms with Gasteiger partial charge in [0.2, 0.25) is 0 Å². The van der Waals surface area contributed by atoms with Gasteiger partial charge in [-0.2, -0.15) is 0 Å². The SMILES string of the molecule is C=C/C(=C\N=C)c1ccc2c(c1)c1cc(-c3ccccc3)ccc1n1c3c(nc21)CCC=C3. The van der Waals surface area contributed by atoms with E-state index in [1.807, 2.05) is 6.08 Å². The fourth-order valence-corrected chi connectivity index (χ4v) is 4.91. The second-order valence-electron chi connectivity index (χ2n) is 8.37. The van der Waals surface area contributed by atoms with Crippen molar-refractivity contribution in [2.24, 2.45) is 4.99 Å². The molecule has 0 radical (unpaired) electrons. The molecule has 0 saturated heterocycles. The molecule has 0 unspecified atom stereocenters. The molecule has 6 rings (SSSR count). The van der Waals surface area contributed by atoms with E-state index in [0.717, 1.165) is 35.0 Å². The molecular weight excluding hydrogens is 402 g/mol. The number of hydrogen-bond acceptors (Lipinski definition) is 2. The summed E-state index contributed by atoms with van der Waals surface area (Å²) in [6, 6.07) is 23.8. The fourth-order valence-electron chi connectivity index (χ4n) is 4.91. The molecule has 3 heteroatoms. The number of nitrogens with zero attached hydrogens (tertiary/aromatic N) is 3. The topological polar surface area (TPSA) is 29.7 Å². The molecule has 3 aromatic carbocycles. The minimum Gasteiger partial charge on any atom is -0.292 e. The maximum Gasteiger partial charge on any atom is 0.145 e. The van der Waals surface area contributed by atoms with Gasteiger partial charge in [-0.05, 0) is 77.6 Å². The smallest absolute Gasteiger partial charge is 0.145 e. The van der Waals surface area contributed by atoms with Gasteiger partial charge >= 0.3 is 0 Å². The van der Waals surface area contributed by atoms with Crippen LogP contribution in [0, 0.1) is 0 Å². The van der Waals surface area contributed by atoms with Crippen LogP contribution in [-0.2, 0) is 6.42 Å². The van der Waals surface area contributed by atoms with Crippen molar-refractivity contribution < 1.29 is 0 Å². The predicted octanol–water partition coefficient (Wildman–Crippen LogP) is 7.49. The van der Waals surface area contributed by atoms with Gasteiger partial charge in [0.15, 0.2) is 0 Å². The van der Waals surface area contributed by atoms with Crippen molar-refractivity contribution in [3.63, 3.8) is 0 Å². The van der Waals surface area contributed by atoms with E-state index in [9.17, 15) is 0 Å². The summed E-state index contributed by atoms with van der Waals surface area (Å²) in [6.07, 6.45) is 10.1. The van der Waals surface area contributed by atoms with Crippen molar-refractivity contribution in [2.75, 3.05) is 0 Å². The fraction of sp³-hybridized carbons (Fsp3) is 0.0667. The first-order valence-corrected chi connectivity index (χ1v) is 11.2. The molecule has 0 spiro atoms. The van der Waals surface area contributed by atoms with Crippen LogP contribution in [0.25, 0.3) is 50.1 Å². The van der Waals surface area contributed by atoms with Gasteiger partial charge in [-0.3, -0.25) is 9.39 Å². The summed E-state index contributed by atoms with van der Waals surface area (Å²) < 4.78 is 2.33. The molecule has 0 saturated carbocycles. The van der Waals surface area contributed by atoms with E-state index in [-0.39, 0.29) is 0 Å². The third-order valence-electron chi connectivity index (χ3n) is 6.49. The van der Waals surface area contributed by atoms with Crippen LogP contribution in [0.4, 0.5) is 0 Å². The molecule has 0 fully saturated rings. The lowest BCUT2D eigenvalue weighted by atomic mass is 9.97. The third kappa shape index (κ3) is 3.05. The van der Waals surface area contributed by atoms with Gasteiger partial charge in [0.05, 0.1) is 16.9 Å². The molecule has 1 aliphatic rings. The number of allylic oxidation sites excluding steroid dienone is 3. The van der Waals surface area contributed by atoms with Gasteiger partial charge in [-0.25, -0.2) is 4.98 Å². The van der Waals surface area contributed by atoms with E-state index in [0.29, 0.717) is 0 Å². The number of rotatable bonds is 4. The molecule has 0 amide bonds. The van der Waals surface area contributed by atoms with Gasteiger partial charge in [-0.15, -0.1) is 0 Å². The number of aryl methyl sites for hydroxylation is 1. The van der Waals surface area contributed by atoms with Gasteiger partial charge in [0.25, 0.3) is 0 Å². The number of fused-ring (bicyclic) bond motifs is 8. The van der Waals surface area contributed by atoms with E-state index in [1.165, 1.54) is 38.8 Å². The molecule has 3 nitrogen and oxygen atoms in total. The lowest BCUT2D eigenvalue weighted by Crippen LogP contribution is -1.97. The normalized spacial score (nSPS) is 13.5. The Morgan fingerprint density at radius 1 is 0.939 bits per heavy atom. The van der Waals surface area contributed by atoms with Crippen LogP contribution < -0.4 is 0 Å². The first-order chi connectivity index (χ1) is 16.3. The average molecular weight is 426 g/mol. The number of hydrogen-bond donors (Lipinski definition) is 0. The summed E-state index contributed by atoms with van der Waals surface area (Å²) in [5, 5.41) is 3.53. The Labute approximate surface area is 192 Å². The quantitative estimate of drug-likeness (QED) is 0.167. The van der Waals surface area contributed by atoms with E-state index < -0.39 is 0 Å². The molecular formula is C30H23N3. The Hall–Kier alpha value is -4.24. The highest BCUT2D eigenvalue weighted by Gasteiger charge is 2.19. The Kier molecular flexibility index (Phi) is 4.55. The monoisotopic (exact) mass is 425 g/mol. The first-order valence-electron chi connectivity index (χ1n) is 11.2. The minimum atomic E-state index is 0.949. The van der Waals surface area contributed by atoms with E-state index in [2.05, 4.69) is 102 Å². The van der Waals surface area contributed by atoms with Crippen molar-refractivity contribution in [3.8, 4) is 11.1 Å². The van der Waals surface area contributed by atoms with Gasteiger partial charge in [-0.1, -0.05) is 61.2 Å². The number of benzene rings is 3. The second kappa shape index (κ2) is 7.72. The molecule has 0 aliphatic heterocycles. The maximum atomic E-state index is 5.09. The van der Waals surface area contributed by atoms with Crippen molar-refractivity contribution in [1.29, 1.82) is 0 Å². The average Bonchev–Trinajstić information content (AvgIpc) is 3.27. The lowest BCUT2D eigenvalue weighted by Gasteiger charge is -2.13. The van der Waals surface area contributed by atoms with Crippen LogP contribution in [0.5, 0.6) is 0 Å². The van der Waals surface area contributed by atoms with Gasteiger partial charge in [0, 0.05) is 17.0 Å². The highest BCUT2D eigenvalue weighted by Crippen LogP contribution is 2.36. The highest BCUT2D eigenvalue weighted by molar-refractivity contribution is 6.14. The van der Waals surface area contributed by atoms with Crippen molar-refractivity contribution in [3.05, 3.63) is 109 Å². The molecule has 1 aliphatic carbocycles. The van der Waals surface area contributed by atoms with Crippen LogP contribution in [0.3, 0.4) is 0 Å². The molecule has 33 heavy (non-hydrogen) atoms. The van der Waals surface area contributed by atoms with E-state index in [1.54, 1.807) is 6.20 Å². The summed E-state index contributed by atoms with van der Waals surface area (Å²) in [7, 11) is 0. The second-order valence-corrected chi connectivity index (χ2v) is 8.37. The number of pyridine rings is 1. The minimum absolute atomic E-state index is 0.949.